The van der Waals surface area contributed by atoms with Crippen LogP contribution in [0.3, 0.4) is 0 Å². The molecule has 118 valence electrons. The Kier molecular flexibility index (Phi) is 5.05. The molecule has 0 aliphatic carbocycles. The van der Waals surface area contributed by atoms with Crippen molar-refractivity contribution in [2.45, 2.75) is 11.4 Å². The van der Waals surface area contributed by atoms with E-state index in [-0.39, 0.29) is 0 Å². The van der Waals surface area contributed by atoms with Crippen molar-refractivity contribution in [3.8, 4) is 5.75 Å². The van der Waals surface area contributed by atoms with Crippen LogP contribution in [-0.2, 0) is 16.6 Å². The highest BCUT2D eigenvalue weighted by Crippen LogP contribution is 2.18. The summed E-state index contributed by atoms with van der Waals surface area (Å²) >= 11 is 0. The molecule has 0 bridgehead atoms. The minimum absolute atomic E-state index is 0.298. The summed E-state index contributed by atoms with van der Waals surface area (Å²) in [5.41, 5.74) is 1.85. The van der Waals surface area contributed by atoms with Crippen LogP contribution >= 0.6 is 0 Å². The third-order valence-corrected chi connectivity index (χ3v) is 5.07. The number of sulfonamides is 1. The molecule has 5 nitrogen and oxygen atoms in total. The Morgan fingerprint density at radius 2 is 1.77 bits per heavy atom. The first-order valence-electron chi connectivity index (χ1n) is 6.83. The molecule has 6 heteroatoms. The van der Waals surface area contributed by atoms with Gasteiger partial charge in [0.2, 0.25) is 10.0 Å². The van der Waals surface area contributed by atoms with Crippen molar-refractivity contribution in [2.24, 2.45) is 0 Å². The highest BCUT2D eigenvalue weighted by atomic mass is 32.2. The average molecular weight is 320 g/mol. The molecular weight excluding hydrogens is 300 g/mol. The molecule has 0 saturated heterocycles. The van der Waals surface area contributed by atoms with Gasteiger partial charge in [0.25, 0.3) is 0 Å². The number of benzene rings is 2. The third kappa shape index (κ3) is 3.78. The molecule has 0 saturated carbocycles. The molecule has 0 spiro atoms. The zero-order valence-electron chi connectivity index (χ0n) is 12.9. The van der Waals surface area contributed by atoms with Gasteiger partial charge in [-0.25, -0.2) is 12.7 Å². The Morgan fingerprint density at radius 1 is 1.09 bits per heavy atom. The Bertz CT molecular complexity index is 725. The number of ether oxygens (including phenoxy) is 1. The standard InChI is InChI=1S/C16H20N2O3S/c1-18(2)22(19,20)16-6-4-5-13(11-16)12-17-14-7-9-15(21-3)10-8-14/h4-11,17H,12H2,1-3H3. The first kappa shape index (κ1) is 16.3. The van der Waals surface area contributed by atoms with Crippen molar-refractivity contribution in [3.63, 3.8) is 0 Å². The Hall–Kier alpha value is -2.05. The lowest BCUT2D eigenvalue weighted by Crippen LogP contribution is -2.22. The van der Waals surface area contributed by atoms with Crippen LogP contribution in [0.25, 0.3) is 0 Å². The van der Waals surface area contributed by atoms with Gasteiger partial charge in [-0.05, 0) is 42.0 Å². The lowest BCUT2D eigenvalue weighted by atomic mass is 10.2. The summed E-state index contributed by atoms with van der Waals surface area (Å²) in [5.74, 6) is 0.796. The maximum absolute atomic E-state index is 12.1. The van der Waals surface area contributed by atoms with Crippen LogP contribution in [-0.4, -0.2) is 33.9 Å². The van der Waals surface area contributed by atoms with Gasteiger partial charge in [-0.15, -0.1) is 0 Å². The zero-order valence-corrected chi connectivity index (χ0v) is 13.7. The predicted octanol–water partition coefficient (Wildman–Crippen LogP) is 2.56. The monoisotopic (exact) mass is 320 g/mol. The highest BCUT2D eigenvalue weighted by Gasteiger charge is 2.16. The fourth-order valence-corrected chi connectivity index (χ4v) is 2.91. The fourth-order valence-electron chi connectivity index (χ4n) is 1.94. The van der Waals surface area contributed by atoms with Crippen LogP contribution in [0.5, 0.6) is 5.75 Å². The number of anilines is 1. The molecule has 0 amide bonds. The molecule has 0 unspecified atom stereocenters. The van der Waals surface area contributed by atoms with E-state index in [1.54, 1.807) is 25.3 Å². The summed E-state index contributed by atoms with van der Waals surface area (Å²) in [6.07, 6.45) is 0. The second-order valence-corrected chi connectivity index (χ2v) is 7.17. The summed E-state index contributed by atoms with van der Waals surface area (Å²) in [6, 6.07) is 14.5. The predicted molar refractivity (Wildman–Crippen MR) is 87.6 cm³/mol. The average Bonchev–Trinajstić information content (AvgIpc) is 2.53. The van der Waals surface area contributed by atoms with E-state index >= 15 is 0 Å². The maximum atomic E-state index is 12.1. The first-order valence-corrected chi connectivity index (χ1v) is 8.27. The van der Waals surface area contributed by atoms with Crippen molar-refractivity contribution in [3.05, 3.63) is 54.1 Å². The van der Waals surface area contributed by atoms with E-state index in [1.165, 1.54) is 18.4 Å². The van der Waals surface area contributed by atoms with Crippen LogP contribution in [0.15, 0.2) is 53.4 Å². The third-order valence-electron chi connectivity index (χ3n) is 3.26. The minimum Gasteiger partial charge on any atom is -0.497 e. The van der Waals surface area contributed by atoms with E-state index < -0.39 is 10.0 Å². The van der Waals surface area contributed by atoms with Crippen LogP contribution in [0, 0.1) is 0 Å². The van der Waals surface area contributed by atoms with Crippen LogP contribution in [0.1, 0.15) is 5.56 Å². The van der Waals surface area contributed by atoms with Gasteiger partial charge in [-0.1, -0.05) is 12.1 Å². The Labute approximate surface area is 131 Å². The van der Waals surface area contributed by atoms with E-state index in [0.717, 1.165) is 17.0 Å². The molecule has 0 atom stereocenters. The molecule has 0 aliphatic rings. The summed E-state index contributed by atoms with van der Waals surface area (Å²) in [4.78, 5) is 0.298. The topological polar surface area (TPSA) is 58.6 Å². The number of nitrogens with one attached hydrogen (secondary N) is 1. The number of methoxy groups -OCH3 is 1. The van der Waals surface area contributed by atoms with E-state index in [4.69, 9.17) is 4.74 Å². The van der Waals surface area contributed by atoms with Crippen molar-refractivity contribution in [2.75, 3.05) is 26.5 Å². The molecule has 1 N–H and O–H groups in total. The minimum atomic E-state index is -3.40. The van der Waals surface area contributed by atoms with Gasteiger partial charge in [0, 0.05) is 26.3 Å². The largest absolute Gasteiger partial charge is 0.497 e. The first-order chi connectivity index (χ1) is 10.4. The van der Waals surface area contributed by atoms with Crippen molar-refractivity contribution < 1.29 is 13.2 Å². The van der Waals surface area contributed by atoms with Crippen molar-refractivity contribution in [1.29, 1.82) is 0 Å². The summed E-state index contributed by atoms with van der Waals surface area (Å²) in [7, 11) is 1.27. The molecule has 0 aliphatic heterocycles. The number of hydrogen-bond acceptors (Lipinski definition) is 4. The molecule has 2 aromatic carbocycles. The van der Waals surface area contributed by atoms with Crippen molar-refractivity contribution >= 4 is 15.7 Å². The number of nitrogens with zero attached hydrogens (tertiary/aromatic N) is 1. The molecule has 2 aromatic rings. The van der Waals surface area contributed by atoms with Gasteiger partial charge >= 0.3 is 0 Å². The highest BCUT2D eigenvalue weighted by molar-refractivity contribution is 7.89. The van der Waals surface area contributed by atoms with E-state index in [0.29, 0.717) is 11.4 Å². The van der Waals surface area contributed by atoms with Crippen LogP contribution < -0.4 is 10.1 Å². The molecule has 0 fully saturated rings. The van der Waals surface area contributed by atoms with Gasteiger partial charge in [-0.3, -0.25) is 0 Å². The zero-order chi connectivity index (χ0) is 16.2. The van der Waals surface area contributed by atoms with E-state index in [2.05, 4.69) is 5.32 Å². The summed E-state index contributed by atoms with van der Waals surface area (Å²) in [5, 5.41) is 3.26. The van der Waals surface area contributed by atoms with E-state index in [1.807, 2.05) is 30.3 Å². The Morgan fingerprint density at radius 3 is 2.36 bits per heavy atom. The lowest BCUT2D eigenvalue weighted by Gasteiger charge is -2.13. The molecule has 0 aromatic heterocycles. The van der Waals surface area contributed by atoms with Crippen LogP contribution in [0.4, 0.5) is 5.69 Å². The van der Waals surface area contributed by atoms with Gasteiger partial charge < -0.3 is 10.1 Å². The van der Waals surface area contributed by atoms with Gasteiger partial charge in [-0.2, -0.15) is 0 Å². The van der Waals surface area contributed by atoms with Gasteiger partial charge in [0.05, 0.1) is 12.0 Å². The SMILES string of the molecule is COc1ccc(NCc2cccc(S(=O)(=O)N(C)C)c2)cc1. The van der Waals surface area contributed by atoms with Gasteiger partial charge in [0.15, 0.2) is 0 Å². The summed E-state index contributed by atoms with van der Waals surface area (Å²) < 4.78 is 30.6. The summed E-state index contributed by atoms with van der Waals surface area (Å²) in [6.45, 7) is 0.545. The molecular formula is C16H20N2O3S. The molecule has 0 heterocycles. The smallest absolute Gasteiger partial charge is 0.242 e. The van der Waals surface area contributed by atoms with Crippen LogP contribution in [0.2, 0.25) is 0 Å². The fraction of sp³-hybridized carbons (Fsp3) is 0.250. The number of hydrogen-bond donors (Lipinski definition) is 1. The molecule has 2 rings (SSSR count). The quantitative estimate of drug-likeness (QED) is 0.889. The van der Waals surface area contributed by atoms with E-state index in [9.17, 15) is 8.42 Å². The number of rotatable bonds is 6. The van der Waals surface area contributed by atoms with Gasteiger partial charge in [0.1, 0.15) is 5.75 Å². The molecule has 0 radical (unpaired) electrons. The normalized spacial score (nSPS) is 11.5. The Balaban J connectivity index is 2.10. The van der Waals surface area contributed by atoms with Crippen molar-refractivity contribution in [1.82, 2.24) is 4.31 Å². The second-order valence-electron chi connectivity index (χ2n) is 5.02. The maximum Gasteiger partial charge on any atom is 0.242 e. The molecule has 22 heavy (non-hydrogen) atoms. The second kappa shape index (κ2) is 6.81. The lowest BCUT2D eigenvalue weighted by molar-refractivity contribution is 0.415.